The van der Waals surface area contributed by atoms with Crippen molar-refractivity contribution in [3.63, 3.8) is 0 Å². The van der Waals surface area contributed by atoms with Gasteiger partial charge >= 0.3 is 5.97 Å². The number of nitrogens with zero attached hydrogens (tertiary/aromatic N) is 5. The maximum Gasteiger partial charge on any atom is 0.341 e. The lowest BCUT2D eigenvalue weighted by Crippen LogP contribution is -2.35. The van der Waals surface area contributed by atoms with Gasteiger partial charge in [-0.05, 0) is 63.0 Å². The van der Waals surface area contributed by atoms with Gasteiger partial charge in [0.1, 0.15) is 11.2 Å². The third-order valence-corrected chi connectivity index (χ3v) is 10.2. The summed E-state index contributed by atoms with van der Waals surface area (Å²) in [6.07, 6.45) is 6.51. The van der Waals surface area contributed by atoms with Crippen molar-refractivity contribution in [2.24, 2.45) is 5.92 Å². The summed E-state index contributed by atoms with van der Waals surface area (Å²) in [6, 6.07) is 6.57. The van der Waals surface area contributed by atoms with E-state index in [0.717, 1.165) is 69.3 Å². The average molecular weight is 628 g/mol. The Morgan fingerprint density at radius 2 is 1.93 bits per heavy atom. The molecule has 0 saturated carbocycles. The fourth-order valence-corrected chi connectivity index (χ4v) is 8.09. The van der Waals surface area contributed by atoms with Gasteiger partial charge in [-0.2, -0.15) is 0 Å². The first-order valence-electron chi connectivity index (χ1n) is 15.8. The molecule has 8 rings (SSSR count). The second-order valence-electron chi connectivity index (χ2n) is 13.0. The Morgan fingerprint density at radius 1 is 1.13 bits per heavy atom. The fourth-order valence-electron chi connectivity index (χ4n) is 8.09. The number of aromatic nitrogens is 3. The normalized spacial score (nSPS) is 20.5. The van der Waals surface area contributed by atoms with Gasteiger partial charge in [0.2, 0.25) is 0 Å². The van der Waals surface area contributed by atoms with Crippen LogP contribution in [0.15, 0.2) is 41.5 Å². The van der Waals surface area contributed by atoms with E-state index in [9.17, 15) is 14.7 Å². The van der Waals surface area contributed by atoms with E-state index >= 15 is 8.78 Å². The Kier molecular flexibility index (Phi) is 6.77. The van der Waals surface area contributed by atoms with Gasteiger partial charge in [0, 0.05) is 68.9 Å². The molecule has 0 unspecified atom stereocenters. The van der Waals surface area contributed by atoms with E-state index in [1.54, 1.807) is 19.4 Å². The van der Waals surface area contributed by atoms with Gasteiger partial charge in [-0.1, -0.05) is 6.07 Å². The van der Waals surface area contributed by atoms with Crippen LogP contribution in [0, 0.1) is 17.6 Å². The number of pyridine rings is 3. The Labute approximate surface area is 263 Å². The molecule has 3 aliphatic heterocycles. The molecule has 0 radical (unpaired) electrons. The molecule has 1 aromatic carbocycles. The zero-order chi connectivity index (χ0) is 31.9. The molecule has 7 heterocycles. The number of carbonyl (C=O) groups is 1. The first-order valence-corrected chi connectivity index (χ1v) is 15.8. The van der Waals surface area contributed by atoms with Crippen LogP contribution in [-0.2, 0) is 6.54 Å². The van der Waals surface area contributed by atoms with E-state index in [2.05, 4.69) is 32.0 Å². The Morgan fingerprint density at radius 3 is 2.70 bits per heavy atom. The molecule has 12 heteroatoms. The highest BCUT2D eigenvalue weighted by atomic mass is 19.2. The summed E-state index contributed by atoms with van der Waals surface area (Å²) in [6.45, 7) is 4.90. The smallest absolute Gasteiger partial charge is 0.341 e. The number of H-pyrrole nitrogens is 1. The summed E-state index contributed by atoms with van der Waals surface area (Å²) in [5, 5.41) is 13.5. The molecule has 3 saturated heterocycles. The number of carboxylic acids is 1. The van der Waals surface area contributed by atoms with Crippen molar-refractivity contribution in [3.05, 3.63) is 69.8 Å². The second-order valence-corrected chi connectivity index (χ2v) is 13.0. The topological polar surface area (TPSA) is 109 Å². The molecule has 10 nitrogen and oxygen atoms in total. The molecule has 0 bridgehead atoms. The van der Waals surface area contributed by atoms with E-state index in [1.807, 2.05) is 12.1 Å². The summed E-state index contributed by atoms with van der Waals surface area (Å²) in [7, 11) is 3.75. The van der Waals surface area contributed by atoms with E-state index < -0.39 is 23.2 Å². The molecule has 0 amide bonds. The predicted molar refractivity (Wildman–Crippen MR) is 174 cm³/mol. The number of anilines is 2. The number of halogens is 2. The molecule has 0 spiro atoms. The van der Waals surface area contributed by atoms with Gasteiger partial charge in [-0.3, -0.25) is 14.1 Å². The van der Waals surface area contributed by atoms with Gasteiger partial charge in [0.25, 0.3) is 5.56 Å². The number of carboxylic acid groups (broad SMARTS) is 1. The second kappa shape index (κ2) is 10.8. The van der Waals surface area contributed by atoms with Crippen molar-refractivity contribution in [2.45, 2.75) is 31.8 Å². The maximum atomic E-state index is 15.8. The molecule has 3 N–H and O–H groups in total. The van der Waals surface area contributed by atoms with E-state index in [4.69, 9.17) is 4.98 Å². The lowest BCUT2D eigenvalue weighted by molar-refractivity contribution is 0.0694. The molecule has 5 aromatic rings. The predicted octanol–water partition coefficient (Wildman–Crippen LogP) is 4.75. The van der Waals surface area contributed by atoms with Crippen LogP contribution in [0.25, 0.3) is 38.6 Å². The number of aromatic carboxylic acids is 1. The van der Waals surface area contributed by atoms with Crippen molar-refractivity contribution in [2.75, 3.05) is 57.0 Å². The summed E-state index contributed by atoms with van der Waals surface area (Å²) >= 11 is 0. The van der Waals surface area contributed by atoms with Crippen LogP contribution in [0.3, 0.4) is 0 Å². The zero-order valence-corrected chi connectivity index (χ0v) is 25.7. The van der Waals surface area contributed by atoms with Crippen LogP contribution in [0.5, 0.6) is 0 Å². The van der Waals surface area contributed by atoms with Crippen LogP contribution in [0.2, 0.25) is 0 Å². The third-order valence-electron chi connectivity index (χ3n) is 10.2. The number of nitrogens with one attached hydrogen (secondary N) is 2. The van der Waals surface area contributed by atoms with Crippen LogP contribution in [0.4, 0.5) is 20.2 Å². The molecule has 46 heavy (non-hydrogen) atoms. The van der Waals surface area contributed by atoms with Gasteiger partial charge in [-0.15, -0.1) is 0 Å². The minimum atomic E-state index is -1.28. The largest absolute Gasteiger partial charge is 0.477 e. The van der Waals surface area contributed by atoms with Crippen molar-refractivity contribution in [3.8, 4) is 11.1 Å². The number of aromatic amines is 1. The molecule has 2 atom stereocenters. The lowest BCUT2D eigenvalue weighted by Gasteiger charge is -2.29. The Balaban J connectivity index is 1.40. The number of likely N-dealkylation sites (tertiary alicyclic amines) is 2. The third kappa shape index (κ3) is 4.38. The Hall–Kier alpha value is -4.55. The van der Waals surface area contributed by atoms with Crippen molar-refractivity contribution < 1.29 is 18.7 Å². The van der Waals surface area contributed by atoms with E-state index in [0.29, 0.717) is 51.3 Å². The number of benzene rings is 1. The molecular weight excluding hydrogens is 592 g/mol. The van der Waals surface area contributed by atoms with Gasteiger partial charge < -0.3 is 25.2 Å². The first-order chi connectivity index (χ1) is 22.2. The summed E-state index contributed by atoms with van der Waals surface area (Å²) < 4.78 is 32.3. The summed E-state index contributed by atoms with van der Waals surface area (Å²) in [5.41, 5.74) is 3.79. The molecule has 0 aliphatic carbocycles. The molecule has 4 aromatic heterocycles. The number of hydrogen-bond acceptors (Lipinski definition) is 7. The van der Waals surface area contributed by atoms with Gasteiger partial charge in [-0.25, -0.2) is 18.6 Å². The molecular formula is C34H35F2N7O3. The first kappa shape index (κ1) is 28.9. The number of fused-ring (bicyclic) bond motifs is 5. The van der Waals surface area contributed by atoms with Crippen LogP contribution < -0.4 is 15.8 Å². The lowest BCUT2D eigenvalue weighted by atomic mass is 9.99. The van der Waals surface area contributed by atoms with Crippen molar-refractivity contribution in [1.29, 1.82) is 0 Å². The van der Waals surface area contributed by atoms with Crippen LogP contribution in [0.1, 0.15) is 35.2 Å². The van der Waals surface area contributed by atoms with Gasteiger partial charge in [0.05, 0.1) is 33.2 Å². The van der Waals surface area contributed by atoms with Crippen molar-refractivity contribution >= 4 is 44.8 Å². The zero-order valence-electron chi connectivity index (χ0n) is 25.7. The highest BCUT2D eigenvalue weighted by molar-refractivity contribution is 6.18. The SMILES string of the molecule is CNc1cc(F)c(F)c2c1[nH]c1ncc(-c3ccc4c(CN5CCCC5)cc(C(=O)O)c(=O)n4c3)c(N3CC[C@H]4CN(C)C[C@H]43)c12. The monoisotopic (exact) mass is 627 g/mol. The fraction of sp³-hybridized carbons (Fsp3) is 0.382. The number of rotatable bonds is 6. The average Bonchev–Trinajstić information content (AvgIpc) is 3.84. The molecule has 3 fully saturated rings. The molecule has 3 aliphatic rings. The summed E-state index contributed by atoms with van der Waals surface area (Å²) in [4.78, 5) is 40.6. The van der Waals surface area contributed by atoms with E-state index in [-0.39, 0.29) is 17.0 Å². The van der Waals surface area contributed by atoms with Gasteiger partial charge in [0.15, 0.2) is 11.6 Å². The van der Waals surface area contributed by atoms with Crippen LogP contribution in [-0.4, -0.2) is 88.1 Å². The standard InChI is InChI=1S/C34H35F2N7O3/c1-37-24-12-23(35)29(36)27-28-31(42-10-7-19-14-40(2)17-26(19)42)22(13-38-32(28)39-30(24)27)18-5-6-25-20(15-41-8-3-4-9-41)11-21(34(45)46)33(44)43(25)16-18/h5-6,11-13,16,19,26,37H,3-4,7-10,14-15,17H2,1-2H3,(H,38,39)(H,45,46)/t19-,26+/m0/s1. The highest BCUT2D eigenvalue weighted by Gasteiger charge is 2.42. The number of hydrogen-bond donors (Lipinski definition) is 3. The minimum absolute atomic E-state index is 0.123. The summed E-state index contributed by atoms with van der Waals surface area (Å²) in [5.74, 6) is -2.77. The minimum Gasteiger partial charge on any atom is -0.477 e. The van der Waals surface area contributed by atoms with Crippen LogP contribution >= 0.6 is 0 Å². The number of likely N-dealkylation sites (N-methyl/N-ethyl adjacent to an activating group) is 1. The highest BCUT2D eigenvalue weighted by Crippen LogP contribution is 2.46. The Bertz CT molecular complexity index is 2120. The van der Waals surface area contributed by atoms with E-state index in [1.165, 1.54) is 10.5 Å². The maximum absolute atomic E-state index is 15.8. The van der Waals surface area contributed by atoms with Crippen molar-refractivity contribution in [1.82, 2.24) is 24.2 Å². The quantitative estimate of drug-likeness (QED) is 0.248. The molecule has 238 valence electrons.